The van der Waals surface area contributed by atoms with E-state index in [-0.39, 0.29) is 5.92 Å². The predicted molar refractivity (Wildman–Crippen MR) is 82.2 cm³/mol. The summed E-state index contributed by atoms with van der Waals surface area (Å²) in [5.41, 5.74) is 2.22. The van der Waals surface area contributed by atoms with E-state index >= 15 is 0 Å². The maximum atomic E-state index is 11.7. The highest BCUT2D eigenvalue weighted by Gasteiger charge is 2.23. The molecule has 0 aliphatic heterocycles. The molecule has 0 saturated carbocycles. The number of benzene rings is 1. The fourth-order valence-corrected chi connectivity index (χ4v) is 1.91. The third-order valence-corrected chi connectivity index (χ3v) is 3.32. The summed E-state index contributed by atoms with van der Waals surface area (Å²) in [7, 11) is 0. The van der Waals surface area contributed by atoms with Crippen molar-refractivity contribution in [2.24, 2.45) is 5.92 Å². The summed E-state index contributed by atoms with van der Waals surface area (Å²) in [6.07, 6.45) is 0. The van der Waals surface area contributed by atoms with Gasteiger partial charge in [-0.3, -0.25) is 0 Å². The lowest BCUT2D eigenvalue weighted by atomic mass is 10.0. The van der Waals surface area contributed by atoms with Crippen LogP contribution in [0.15, 0.2) is 24.3 Å². The number of carbonyl (C=O) groups is 2. The van der Waals surface area contributed by atoms with Crippen molar-refractivity contribution in [3.63, 3.8) is 0 Å². The van der Waals surface area contributed by atoms with Gasteiger partial charge in [-0.25, -0.2) is 9.59 Å². The first-order valence-electron chi connectivity index (χ1n) is 7.17. The van der Waals surface area contributed by atoms with Crippen LogP contribution in [0.1, 0.15) is 44.7 Å². The lowest BCUT2D eigenvalue weighted by molar-refractivity contribution is -0.140. The summed E-state index contributed by atoms with van der Waals surface area (Å²) in [5.74, 6) is -0.724. The molecule has 21 heavy (non-hydrogen) atoms. The molecule has 0 unspecified atom stereocenters. The number of nitrogens with one attached hydrogen (secondary N) is 2. The molecule has 0 saturated heterocycles. The van der Waals surface area contributed by atoms with Gasteiger partial charge in [-0.15, -0.1) is 0 Å². The van der Waals surface area contributed by atoms with Crippen LogP contribution in [0.3, 0.4) is 0 Å². The molecule has 0 heterocycles. The van der Waals surface area contributed by atoms with Gasteiger partial charge in [0.1, 0.15) is 6.04 Å². The first-order chi connectivity index (χ1) is 9.81. The van der Waals surface area contributed by atoms with Crippen molar-refractivity contribution in [1.29, 1.82) is 0 Å². The molecular formula is C16H24N2O3. The van der Waals surface area contributed by atoms with Gasteiger partial charge in [-0.05, 0) is 23.0 Å². The number of hydrogen-bond donors (Lipinski definition) is 3. The number of aliphatic carboxylic acids is 1. The first-order valence-corrected chi connectivity index (χ1v) is 7.17. The first kappa shape index (κ1) is 17.0. The van der Waals surface area contributed by atoms with E-state index in [0.717, 1.165) is 5.56 Å². The molecule has 0 aliphatic rings. The Balaban J connectivity index is 2.51. The molecule has 0 radical (unpaired) electrons. The second kappa shape index (κ2) is 7.67. The number of carbonyl (C=O) groups excluding carboxylic acids is 1. The Hall–Kier alpha value is -2.04. The third kappa shape index (κ3) is 5.45. The number of rotatable bonds is 6. The molecule has 0 aliphatic carbocycles. The predicted octanol–water partition coefficient (Wildman–Crippen LogP) is 2.72. The minimum absolute atomic E-state index is 0.168. The van der Waals surface area contributed by atoms with E-state index in [1.165, 1.54) is 5.56 Å². The zero-order valence-corrected chi connectivity index (χ0v) is 13.0. The van der Waals surface area contributed by atoms with E-state index in [1.54, 1.807) is 13.8 Å². The van der Waals surface area contributed by atoms with Crippen molar-refractivity contribution in [2.75, 3.05) is 0 Å². The van der Waals surface area contributed by atoms with Crippen molar-refractivity contribution in [2.45, 2.75) is 46.2 Å². The number of carboxylic acid groups (broad SMARTS) is 1. The van der Waals surface area contributed by atoms with Gasteiger partial charge in [0.25, 0.3) is 0 Å². The Bertz CT molecular complexity index is 481. The van der Waals surface area contributed by atoms with Crippen molar-refractivity contribution >= 4 is 12.0 Å². The van der Waals surface area contributed by atoms with Crippen molar-refractivity contribution in [1.82, 2.24) is 10.6 Å². The molecule has 116 valence electrons. The van der Waals surface area contributed by atoms with E-state index < -0.39 is 18.0 Å². The van der Waals surface area contributed by atoms with Crippen LogP contribution in [-0.2, 0) is 11.3 Å². The van der Waals surface area contributed by atoms with Gasteiger partial charge < -0.3 is 15.7 Å². The van der Waals surface area contributed by atoms with Crippen molar-refractivity contribution in [3.05, 3.63) is 35.4 Å². The third-order valence-electron chi connectivity index (χ3n) is 3.32. The van der Waals surface area contributed by atoms with Gasteiger partial charge in [-0.1, -0.05) is 52.0 Å². The van der Waals surface area contributed by atoms with Crippen LogP contribution in [0.5, 0.6) is 0 Å². The zero-order valence-electron chi connectivity index (χ0n) is 13.0. The van der Waals surface area contributed by atoms with Gasteiger partial charge in [0.2, 0.25) is 0 Å². The lowest BCUT2D eigenvalue weighted by Crippen LogP contribution is -2.48. The molecule has 1 rings (SSSR count). The maximum Gasteiger partial charge on any atom is 0.326 e. The fourth-order valence-electron chi connectivity index (χ4n) is 1.91. The number of hydrogen-bond acceptors (Lipinski definition) is 2. The molecule has 0 aromatic heterocycles. The van der Waals surface area contributed by atoms with E-state index in [0.29, 0.717) is 12.5 Å². The summed E-state index contributed by atoms with van der Waals surface area (Å²) in [5, 5.41) is 14.2. The summed E-state index contributed by atoms with van der Waals surface area (Å²) < 4.78 is 0. The lowest BCUT2D eigenvalue weighted by Gasteiger charge is -2.18. The van der Waals surface area contributed by atoms with Gasteiger partial charge in [0.05, 0.1) is 0 Å². The zero-order chi connectivity index (χ0) is 16.0. The smallest absolute Gasteiger partial charge is 0.326 e. The molecule has 5 heteroatoms. The van der Waals surface area contributed by atoms with Crippen LogP contribution in [0, 0.1) is 5.92 Å². The van der Waals surface area contributed by atoms with Gasteiger partial charge in [0, 0.05) is 6.54 Å². The molecule has 0 fully saturated rings. The van der Waals surface area contributed by atoms with Crippen LogP contribution in [0.4, 0.5) is 4.79 Å². The van der Waals surface area contributed by atoms with Crippen molar-refractivity contribution < 1.29 is 14.7 Å². The minimum atomic E-state index is -1.03. The number of carboxylic acids is 1. The minimum Gasteiger partial charge on any atom is -0.480 e. The van der Waals surface area contributed by atoms with Crippen LogP contribution in [0.2, 0.25) is 0 Å². The molecule has 0 bridgehead atoms. The fraction of sp³-hybridized carbons (Fsp3) is 0.500. The largest absolute Gasteiger partial charge is 0.480 e. The molecule has 2 amide bonds. The Labute approximate surface area is 125 Å². The Morgan fingerprint density at radius 1 is 1.10 bits per heavy atom. The number of amides is 2. The van der Waals surface area contributed by atoms with Gasteiger partial charge in [-0.2, -0.15) is 0 Å². The van der Waals surface area contributed by atoms with Crippen LogP contribution in [-0.4, -0.2) is 23.1 Å². The van der Waals surface area contributed by atoms with E-state index in [4.69, 9.17) is 5.11 Å². The van der Waals surface area contributed by atoms with Gasteiger partial charge in [0.15, 0.2) is 0 Å². The molecule has 3 N–H and O–H groups in total. The highest BCUT2D eigenvalue weighted by molar-refractivity contribution is 5.82. The molecule has 5 nitrogen and oxygen atoms in total. The normalized spacial score (nSPS) is 12.3. The molecule has 1 atom stereocenters. The summed E-state index contributed by atoms with van der Waals surface area (Å²) >= 11 is 0. The van der Waals surface area contributed by atoms with Crippen LogP contribution < -0.4 is 10.6 Å². The quantitative estimate of drug-likeness (QED) is 0.754. The van der Waals surface area contributed by atoms with Crippen LogP contribution in [0.25, 0.3) is 0 Å². The Morgan fingerprint density at radius 3 is 2.10 bits per heavy atom. The summed E-state index contributed by atoms with van der Waals surface area (Å²) in [4.78, 5) is 22.7. The highest BCUT2D eigenvalue weighted by atomic mass is 16.4. The topological polar surface area (TPSA) is 78.4 Å². The van der Waals surface area contributed by atoms with Gasteiger partial charge >= 0.3 is 12.0 Å². The maximum absolute atomic E-state index is 11.7. The standard InChI is InChI=1S/C16H24N2O3/c1-10(2)13-7-5-12(6-8-13)9-17-16(21)18-14(11(3)4)15(19)20/h5-8,10-11,14H,9H2,1-4H3,(H,19,20)(H2,17,18,21)/t14-/m1/s1. The molecule has 0 spiro atoms. The Morgan fingerprint density at radius 2 is 1.67 bits per heavy atom. The SMILES string of the molecule is CC(C)c1ccc(CNC(=O)N[C@@H](C(=O)O)C(C)C)cc1. The van der Waals surface area contributed by atoms with Crippen LogP contribution >= 0.6 is 0 Å². The number of urea groups is 1. The van der Waals surface area contributed by atoms with E-state index in [1.807, 2.05) is 24.3 Å². The molecule has 1 aromatic carbocycles. The molecule has 1 aromatic rings. The second-order valence-electron chi connectivity index (χ2n) is 5.78. The summed E-state index contributed by atoms with van der Waals surface area (Å²) in [6, 6.07) is 6.65. The average molecular weight is 292 g/mol. The van der Waals surface area contributed by atoms with E-state index in [9.17, 15) is 9.59 Å². The monoisotopic (exact) mass is 292 g/mol. The average Bonchev–Trinajstić information content (AvgIpc) is 2.42. The summed E-state index contributed by atoms with van der Waals surface area (Å²) in [6.45, 7) is 8.12. The Kier molecular flexibility index (Phi) is 6.21. The van der Waals surface area contributed by atoms with Crippen molar-refractivity contribution in [3.8, 4) is 0 Å². The molecular weight excluding hydrogens is 268 g/mol. The van der Waals surface area contributed by atoms with E-state index in [2.05, 4.69) is 24.5 Å². The second-order valence-corrected chi connectivity index (χ2v) is 5.78. The highest BCUT2D eigenvalue weighted by Crippen LogP contribution is 2.14.